The molecule has 0 amide bonds. The number of hydrogen-bond acceptors (Lipinski definition) is 0. The van der Waals surface area contributed by atoms with E-state index in [0.717, 1.165) is 5.92 Å². The zero-order valence-electron chi connectivity index (χ0n) is 34.0. The third-order valence-electron chi connectivity index (χ3n) is 11.4. The molecule has 284 valence electrons. The summed E-state index contributed by atoms with van der Waals surface area (Å²) in [5.41, 5.74) is 0. The molecule has 0 heteroatoms. The maximum absolute atomic E-state index is 2.52. The van der Waals surface area contributed by atoms with Gasteiger partial charge in [0.25, 0.3) is 0 Å². The van der Waals surface area contributed by atoms with Crippen molar-refractivity contribution in [2.45, 2.75) is 297 Å². The van der Waals surface area contributed by atoms with Crippen molar-refractivity contribution in [3.05, 3.63) is 0 Å². The average molecular weight is 661 g/mol. The second-order valence-electron chi connectivity index (χ2n) is 16.5. The van der Waals surface area contributed by atoms with Gasteiger partial charge in [0.1, 0.15) is 0 Å². The summed E-state index contributed by atoms with van der Waals surface area (Å²) in [6, 6.07) is 0. The summed E-state index contributed by atoms with van der Waals surface area (Å²) in [4.78, 5) is 0. The Bertz CT molecular complexity index is 508. The normalized spacial score (nSPS) is 12.3. The highest BCUT2D eigenvalue weighted by atomic mass is 14.1. The van der Waals surface area contributed by atoms with Crippen molar-refractivity contribution in [1.82, 2.24) is 0 Å². The third kappa shape index (κ3) is 44.0. The van der Waals surface area contributed by atoms with Crippen LogP contribution >= 0.6 is 0 Å². The van der Waals surface area contributed by atoms with Crippen molar-refractivity contribution in [2.24, 2.45) is 5.92 Å². The summed E-state index contributed by atoms with van der Waals surface area (Å²) in [5, 5.41) is 0. The van der Waals surface area contributed by atoms with E-state index >= 15 is 0 Å². The molecule has 47 heavy (non-hydrogen) atoms. The summed E-state index contributed by atoms with van der Waals surface area (Å²) in [6.45, 7) is 7.14. The Balaban J connectivity index is 3.13. The number of unbranched alkanes of at least 4 members (excludes halogenated alkanes) is 39. The van der Waals surface area contributed by atoms with Crippen LogP contribution in [0.2, 0.25) is 0 Å². The van der Waals surface area contributed by atoms with Crippen LogP contribution < -0.4 is 0 Å². The number of hydrogen-bond donors (Lipinski definition) is 0. The van der Waals surface area contributed by atoms with Crippen molar-refractivity contribution < 1.29 is 0 Å². The first-order valence-corrected chi connectivity index (χ1v) is 23.3. The standard InChI is InChI=1S/C47H96/c1-4-6-8-10-12-14-16-18-20-22-24-26-28-30-32-34-36-38-40-42-44-46-47(3)45-43-41-39-37-35-33-31-29-27-25-23-21-19-17-15-13-11-9-7-5-2/h47H,4-46H2,1-3H3. The average Bonchev–Trinajstić information content (AvgIpc) is 3.08. The van der Waals surface area contributed by atoms with E-state index in [4.69, 9.17) is 0 Å². The van der Waals surface area contributed by atoms with E-state index in [9.17, 15) is 0 Å². The molecule has 0 saturated carbocycles. The van der Waals surface area contributed by atoms with Gasteiger partial charge in [0.05, 0.1) is 0 Å². The Kier molecular flexibility index (Phi) is 44.0. The smallest absolute Gasteiger partial charge is 0.0443 e. The Morgan fingerprint density at radius 3 is 0.468 bits per heavy atom. The molecule has 1 atom stereocenters. The van der Waals surface area contributed by atoms with Gasteiger partial charge in [-0.25, -0.2) is 0 Å². The van der Waals surface area contributed by atoms with Crippen LogP contribution in [-0.4, -0.2) is 0 Å². The first kappa shape index (κ1) is 47.0. The molecular weight excluding hydrogens is 565 g/mol. The quantitative estimate of drug-likeness (QED) is 0.0571. The van der Waals surface area contributed by atoms with Gasteiger partial charge in [0.2, 0.25) is 0 Å². The van der Waals surface area contributed by atoms with Crippen LogP contribution in [0.4, 0.5) is 0 Å². The van der Waals surface area contributed by atoms with Crippen LogP contribution in [0.1, 0.15) is 297 Å². The number of rotatable bonds is 43. The molecule has 0 fully saturated rings. The first-order valence-electron chi connectivity index (χ1n) is 23.3. The van der Waals surface area contributed by atoms with Crippen molar-refractivity contribution >= 4 is 0 Å². The van der Waals surface area contributed by atoms with E-state index in [2.05, 4.69) is 20.8 Å². The fourth-order valence-electron chi connectivity index (χ4n) is 7.82. The monoisotopic (exact) mass is 661 g/mol. The van der Waals surface area contributed by atoms with Gasteiger partial charge in [-0.1, -0.05) is 297 Å². The van der Waals surface area contributed by atoms with E-state index < -0.39 is 0 Å². The molecule has 0 aliphatic rings. The van der Waals surface area contributed by atoms with Gasteiger partial charge in [0, 0.05) is 0 Å². The van der Waals surface area contributed by atoms with Crippen LogP contribution in [0, 0.1) is 5.92 Å². The minimum absolute atomic E-state index is 0.964. The van der Waals surface area contributed by atoms with Gasteiger partial charge in [-0.05, 0) is 5.92 Å². The fraction of sp³-hybridized carbons (Fsp3) is 1.00. The Hall–Kier alpha value is 0. The van der Waals surface area contributed by atoms with Crippen molar-refractivity contribution in [2.75, 3.05) is 0 Å². The molecule has 0 rings (SSSR count). The predicted molar refractivity (Wildman–Crippen MR) is 219 cm³/mol. The second-order valence-corrected chi connectivity index (χ2v) is 16.5. The molecule has 1 unspecified atom stereocenters. The van der Waals surface area contributed by atoms with Gasteiger partial charge in [-0.3, -0.25) is 0 Å². The van der Waals surface area contributed by atoms with E-state index in [1.807, 2.05) is 0 Å². The van der Waals surface area contributed by atoms with Crippen molar-refractivity contribution in [3.8, 4) is 0 Å². The van der Waals surface area contributed by atoms with E-state index in [-0.39, 0.29) is 0 Å². The summed E-state index contributed by atoms with van der Waals surface area (Å²) < 4.78 is 0. The lowest BCUT2D eigenvalue weighted by Crippen LogP contribution is -1.95. The van der Waals surface area contributed by atoms with Gasteiger partial charge in [-0.15, -0.1) is 0 Å². The molecule has 0 nitrogen and oxygen atoms in total. The van der Waals surface area contributed by atoms with Gasteiger partial charge >= 0.3 is 0 Å². The molecule has 0 bridgehead atoms. The largest absolute Gasteiger partial charge is 0.0654 e. The minimum atomic E-state index is 0.964. The lowest BCUT2D eigenvalue weighted by molar-refractivity contribution is 0.429. The van der Waals surface area contributed by atoms with Crippen molar-refractivity contribution in [1.29, 1.82) is 0 Å². The van der Waals surface area contributed by atoms with Gasteiger partial charge in [0.15, 0.2) is 0 Å². The topological polar surface area (TPSA) is 0 Å². The van der Waals surface area contributed by atoms with Crippen LogP contribution in [0.3, 0.4) is 0 Å². The lowest BCUT2D eigenvalue weighted by atomic mass is 9.95. The lowest BCUT2D eigenvalue weighted by Gasteiger charge is -2.11. The molecule has 0 aromatic heterocycles. The molecule has 0 aromatic carbocycles. The van der Waals surface area contributed by atoms with E-state index in [1.165, 1.54) is 276 Å². The molecule has 0 saturated heterocycles. The van der Waals surface area contributed by atoms with E-state index in [1.54, 1.807) is 0 Å². The molecular formula is C47H96. The van der Waals surface area contributed by atoms with Crippen molar-refractivity contribution in [3.63, 3.8) is 0 Å². The van der Waals surface area contributed by atoms with Crippen LogP contribution in [-0.2, 0) is 0 Å². The SMILES string of the molecule is CCCCCCCCCCCCCCCCCCCCCCCC(C)CCCCCCCCCCCCCCCCCCCCCC. The zero-order valence-corrected chi connectivity index (χ0v) is 34.0. The molecule has 0 N–H and O–H groups in total. The fourth-order valence-corrected chi connectivity index (χ4v) is 7.82. The first-order chi connectivity index (χ1) is 23.3. The Labute approximate surface area is 302 Å². The molecule has 0 aromatic rings. The predicted octanol–water partition coefficient (Wildman–Crippen LogP) is 18.4. The zero-order chi connectivity index (χ0) is 34.0. The summed E-state index contributed by atoms with van der Waals surface area (Å²) >= 11 is 0. The summed E-state index contributed by atoms with van der Waals surface area (Å²) in [5.74, 6) is 0.964. The minimum Gasteiger partial charge on any atom is -0.0654 e. The highest BCUT2D eigenvalue weighted by Crippen LogP contribution is 2.20. The van der Waals surface area contributed by atoms with Gasteiger partial charge < -0.3 is 0 Å². The highest BCUT2D eigenvalue weighted by Gasteiger charge is 2.03. The third-order valence-corrected chi connectivity index (χ3v) is 11.4. The molecule has 0 radical (unpaired) electrons. The summed E-state index contributed by atoms with van der Waals surface area (Å²) in [7, 11) is 0. The molecule has 0 spiro atoms. The van der Waals surface area contributed by atoms with E-state index in [0.29, 0.717) is 0 Å². The Morgan fingerprint density at radius 2 is 0.319 bits per heavy atom. The summed E-state index contributed by atoms with van der Waals surface area (Å²) in [6.07, 6.45) is 63.7. The van der Waals surface area contributed by atoms with Crippen LogP contribution in [0.15, 0.2) is 0 Å². The molecule has 0 aliphatic carbocycles. The molecule has 0 heterocycles. The Morgan fingerprint density at radius 1 is 0.191 bits per heavy atom. The second kappa shape index (κ2) is 44.0. The highest BCUT2D eigenvalue weighted by molar-refractivity contribution is 4.57. The van der Waals surface area contributed by atoms with Crippen LogP contribution in [0.5, 0.6) is 0 Å². The van der Waals surface area contributed by atoms with Gasteiger partial charge in [-0.2, -0.15) is 0 Å². The maximum atomic E-state index is 2.52. The van der Waals surface area contributed by atoms with Crippen LogP contribution in [0.25, 0.3) is 0 Å². The molecule has 0 aliphatic heterocycles. The maximum Gasteiger partial charge on any atom is -0.0443 e.